The number of methoxy groups -OCH3 is 1. The second-order valence-corrected chi connectivity index (χ2v) is 6.98. The summed E-state index contributed by atoms with van der Waals surface area (Å²) >= 11 is 0. The van der Waals surface area contributed by atoms with Crippen molar-refractivity contribution >= 4 is 10.0 Å². The molecule has 124 valence electrons. The van der Waals surface area contributed by atoms with E-state index in [4.69, 9.17) is 4.74 Å². The zero-order valence-electron chi connectivity index (χ0n) is 13.3. The van der Waals surface area contributed by atoms with Gasteiger partial charge >= 0.3 is 0 Å². The number of sulfonamides is 1. The van der Waals surface area contributed by atoms with E-state index in [9.17, 15) is 12.8 Å². The zero-order chi connectivity index (χ0) is 17.0. The van der Waals surface area contributed by atoms with Crippen LogP contribution in [0.5, 0.6) is 5.75 Å². The van der Waals surface area contributed by atoms with E-state index < -0.39 is 15.8 Å². The fourth-order valence-corrected chi connectivity index (χ4v) is 3.66. The van der Waals surface area contributed by atoms with Crippen molar-refractivity contribution < 1.29 is 17.5 Å². The first-order chi connectivity index (χ1) is 10.9. The number of hydrogen-bond acceptors (Lipinski definition) is 3. The minimum atomic E-state index is -3.72. The van der Waals surface area contributed by atoms with Crippen LogP contribution in [0.25, 0.3) is 0 Å². The molecule has 0 saturated carbocycles. The molecule has 0 aliphatic rings. The van der Waals surface area contributed by atoms with Crippen molar-refractivity contribution in [3.05, 3.63) is 59.4 Å². The van der Waals surface area contributed by atoms with Gasteiger partial charge < -0.3 is 4.74 Å². The van der Waals surface area contributed by atoms with E-state index in [1.165, 1.54) is 19.1 Å². The Morgan fingerprint density at radius 2 is 1.83 bits per heavy atom. The number of benzene rings is 2. The van der Waals surface area contributed by atoms with Gasteiger partial charge in [-0.25, -0.2) is 17.5 Å². The Morgan fingerprint density at radius 3 is 2.35 bits per heavy atom. The molecule has 0 heterocycles. The Balaban J connectivity index is 2.26. The topological polar surface area (TPSA) is 55.4 Å². The van der Waals surface area contributed by atoms with Crippen LogP contribution in [0.2, 0.25) is 0 Å². The third kappa shape index (κ3) is 4.09. The second-order valence-electron chi connectivity index (χ2n) is 5.27. The molecule has 0 bridgehead atoms. The summed E-state index contributed by atoms with van der Waals surface area (Å²) in [6, 6.07) is 10.6. The second kappa shape index (κ2) is 7.10. The molecule has 0 spiro atoms. The number of nitrogens with one attached hydrogen (secondary N) is 1. The third-order valence-corrected chi connectivity index (χ3v) is 5.13. The van der Waals surface area contributed by atoms with Crippen LogP contribution in [0.1, 0.15) is 30.5 Å². The summed E-state index contributed by atoms with van der Waals surface area (Å²) in [7, 11) is -2.15. The molecule has 0 aliphatic carbocycles. The van der Waals surface area contributed by atoms with E-state index in [0.29, 0.717) is 17.7 Å². The Morgan fingerprint density at radius 1 is 1.17 bits per heavy atom. The molecule has 1 N–H and O–H groups in total. The van der Waals surface area contributed by atoms with Crippen molar-refractivity contribution in [3.63, 3.8) is 0 Å². The van der Waals surface area contributed by atoms with Gasteiger partial charge in [0.25, 0.3) is 0 Å². The Labute approximate surface area is 136 Å². The van der Waals surface area contributed by atoms with E-state index in [2.05, 4.69) is 4.72 Å². The third-order valence-electron chi connectivity index (χ3n) is 3.66. The Kier molecular flexibility index (Phi) is 5.38. The summed E-state index contributed by atoms with van der Waals surface area (Å²) in [5, 5.41) is 0. The molecule has 0 saturated heterocycles. The van der Waals surface area contributed by atoms with Crippen LogP contribution in [-0.4, -0.2) is 15.5 Å². The van der Waals surface area contributed by atoms with E-state index in [1.54, 1.807) is 19.2 Å². The number of ether oxygens (including phenoxy) is 1. The first kappa shape index (κ1) is 17.4. The predicted molar refractivity (Wildman–Crippen MR) is 87.5 cm³/mol. The van der Waals surface area contributed by atoms with Gasteiger partial charge in [-0.15, -0.1) is 0 Å². The highest BCUT2D eigenvalue weighted by molar-refractivity contribution is 7.89. The quantitative estimate of drug-likeness (QED) is 0.877. The smallest absolute Gasteiger partial charge is 0.241 e. The molecular formula is C17H20FNO3S. The first-order valence-corrected chi connectivity index (χ1v) is 8.78. The average molecular weight is 337 g/mol. The lowest BCUT2D eigenvalue weighted by atomic mass is 10.1. The normalized spacial score (nSPS) is 12.9. The van der Waals surface area contributed by atoms with Gasteiger partial charge in [0, 0.05) is 6.04 Å². The molecular weight excluding hydrogens is 317 g/mol. The molecule has 0 aromatic heterocycles. The number of halogens is 1. The van der Waals surface area contributed by atoms with E-state index in [1.807, 2.05) is 19.1 Å². The average Bonchev–Trinajstić information content (AvgIpc) is 2.55. The lowest BCUT2D eigenvalue weighted by molar-refractivity contribution is 0.414. The number of hydrogen-bond donors (Lipinski definition) is 1. The molecule has 4 nitrogen and oxygen atoms in total. The molecule has 0 aliphatic heterocycles. The van der Waals surface area contributed by atoms with Crippen molar-refractivity contribution in [1.82, 2.24) is 4.72 Å². The molecule has 23 heavy (non-hydrogen) atoms. The molecule has 0 radical (unpaired) electrons. The number of aryl methyl sites for hydroxylation is 1. The van der Waals surface area contributed by atoms with Gasteiger partial charge in [0.05, 0.1) is 12.0 Å². The molecule has 1 atom stereocenters. The van der Waals surface area contributed by atoms with Crippen molar-refractivity contribution in [2.75, 3.05) is 7.11 Å². The van der Waals surface area contributed by atoms with E-state index in [-0.39, 0.29) is 10.9 Å². The van der Waals surface area contributed by atoms with Crippen LogP contribution in [0, 0.1) is 12.7 Å². The lowest BCUT2D eigenvalue weighted by Gasteiger charge is -2.18. The standard InChI is InChI=1S/C17H20FNO3S/c1-4-17(13-5-7-14(22-3)8-6-13)19-23(20,21)15-9-10-16(18)12(2)11-15/h5-11,17,19H,4H2,1-3H3/t17-/m1/s1. The maximum atomic E-state index is 13.3. The van der Waals surface area contributed by atoms with Crippen molar-refractivity contribution in [3.8, 4) is 5.75 Å². The minimum Gasteiger partial charge on any atom is -0.497 e. The van der Waals surface area contributed by atoms with Crippen molar-refractivity contribution in [1.29, 1.82) is 0 Å². The highest BCUT2D eigenvalue weighted by Gasteiger charge is 2.21. The molecule has 0 fully saturated rings. The van der Waals surface area contributed by atoms with Crippen molar-refractivity contribution in [2.24, 2.45) is 0 Å². The molecule has 6 heteroatoms. The van der Waals surface area contributed by atoms with Crippen LogP contribution in [0.4, 0.5) is 4.39 Å². The molecule has 2 aromatic rings. The summed E-state index contributed by atoms with van der Waals surface area (Å²) < 4.78 is 46.1. The zero-order valence-corrected chi connectivity index (χ0v) is 14.2. The molecule has 0 amide bonds. The summed E-state index contributed by atoms with van der Waals surface area (Å²) in [5.74, 6) is 0.284. The maximum Gasteiger partial charge on any atom is 0.241 e. The highest BCUT2D eigenvalue weighted by Crippen LogP contribution is 2.23. The summed E-state index contributed by atoms with van der Waals surface area (Å²) in [4.78, 5) is 0.0587. The maximum absolute atomic E-state index is 13.3. The monoisotopic (exact) mass is 337 g/mol. The van der Waals surface area contributed by atoms with Gasteiger partial charge in [-0.3, -0.25) is 0 Å². The predicted octanol–water partition coefficient (Wildman–Crippen LogP) is 3.57. The van der Waals surface area contributed by atoms with Crippen LogP contribution < -0.4 is 9.46 Å². The van der Waals surface area contributed by atoms with Crippen LogP contribution in [-0.2, 0) is 10.0 Å². The fraction of sp³-hybridized carbons (Fsp3) is 0.294. The van der Waals surface area contributed by atoms with Crippen LogP contribution >= 0.6 is 0 Å². The SMILES string of the molecule is CC[C@@H](NS(=O)(=O)c1ccc(F)c(C)c1)c1ccc(OC)cc1. The van der Waals surface area contributed by atoms with E-state index >= 15 is 0 Å². The largest absolute Gasteiger partial charge is 0.497 e. The lowest BCUT2D eigenvalue weighted by Crippen LogP contribution is -2.28. The molecule has 2 aromatic carbocycles. The van der Waals surface area contributed by atoms with Crippen LogP contribution in [0.3, 0.4) is 0 Å². The minimum absolute atomic E-state index is 0.0587. The number of rotatable bonds is 6. The van der Waals surface area contributed by atoms with Gasteiger partial charge in [-0.1, -0.05) is 19.1 Å². The summed E-state index contributed by atoms with van der Waals surface area (Å²) in [6.45, 7) is 3.43. The molecule has 2 rings (SSSR count). The molecule has 0 unspecified atom stereocenters. The van der Waals surface area contributed by atoms with Gasteiger partial charge in [-0.05, 0) is 54.8 Å². The van der Waals surface area contributed by atoms with Gasteiger partial charge in [0.1, 0.15) is 11.6 Å². The van der Waals surface area contributed by atoms with Crippen LogP contribution in [0.15, 0.2) is 47.4 Å². The van der Waals surface area contributed by atoms with Crippen molar-refractivity contribution in [2.45, 2.75) is 31.2 Å². The summed E-state index contributed by atoms with van der Waals surface area (Å²) in [6.07, 6.45) is 0.589. The van der Waals surface area contributed by atoms with Gasteiger partial charge in [-0.2, -0.15) is 0 Å². The Hall–Kier alpha value is -1.92. The van der Waals surface area contributed by atoms with E-state index in [0.717, 1.165) is 11.6 Å². The highest BCUT2D eigenvalue weighted by atomic mass is 32.2. The Bertz CT molecular complexity index is 773. The van der Waals surface area contributed by atoms with Gasteiger partial charge in [0.15, 0.2) is 0 Å². The first-order valence-electron chi connectivity index (χ1n) is 7.30. The van der Waals surface area contributed by atoms with Gasteiger partial charge in [0.2, 0.25) is 10.0 Å². The summed E-state index contributed by atoms with van der Waals surface area (Å²) in [5.41, 5.74) is 1.14. The fourth-order valence-electron chi connectivity index (χ4n) is 2.26.